The van der Waals surface area contributed by atoms with Gasteiger partial charge in [0.1, 0.15) is 0 Å². The predicted octanol–water partition coefficient (Wildman–Crippen LogP) is 3.03. The molecule has 0 radical (unpaired) electrons. The minimum Gasteiger partial charge on any atom is -0.377 e. The standard InChI is InChI=1S/C17H24N2O2/c1-3-21-13(2)11-19-17(20)10-6-7-14-12-18-16-9-5-4-8-15(14)16/h4-5,8-9,12-13,18H,3,6-7,10-11H2,1-2H3,(H,19,20). The highest BCUT2D eigenvalue weighted by Gasteiger charge is 2.07. The van der Waals surface area contributed by atoms with Gasteiger partial charge < -0.3 is 15.0 Å². The van der Waals surface area contributed by atoms with E-state index in [1.54, 1.807) is 0 Å². The molecule has 114 valence electrons. The van der Waals surface area contributed by atoms with E-state index in [-0.39, 0.29) is 12.0 Å². The molecule has 0 spiro atoms. The monoisotopic (exact) mass is 288 g/mol. The van der Waals surface area contributed by atoms with Crippen LogP contribution in [0.25, 0.3) is 10.9 Å². The van der Waals surface area contributed by atoms with Crippen molar-refractivity contribution in [1.82, 2.24) is 10.3 Å². The highest BCUT2D eigenvalue weighted by atomic mass is 16.5. The van der Waals surface area contributed by atoms with Crippen molar-refractivity contribution in [2.45, 2.75) is 39.2 Å². The van der Waals surface area contributed by atoms with Crippen LogP contribution in [0.1, 0.15) is 32.3 Å². The van der Waals surface area contributed by atoms with Crippen molar-refractivity contribution in [3.05, 3.63) is 36.0 Å². The summed E-state index contributed by atoms with van der Waals surface area (Å²) in [6.07, 6.45) is 4.44. The molecule has 0 saturated heterocycles. The van der Waals surface area contributed by atoms with Gasteiger partial charge in [0.05, 0.1) is 6.10 Å². The number of hydrogen-bond acceptors (Lipinski definition) is 2. The first-order chi connectivity index (χ1) is 10.2. The SMILES string of the molecule is CCOC(C)CNC(=O)CCCc1c[nH]c2ccccc12. The molecule has 0 aliphatic heterocycles. The maximum Gasteiger partial charge on any atom is 0.220 e. The Morgan fingerprint density at radius 3 is 3.00 bits per heavy atom. The molecule has 2 rings (SSSR count). The number of amides is 1. The van der Waals surface area contributed by atoms with E-state index >= 15 is 0 Å². The van der Waals surface area contributed by atoms with Crippen LogP contribution in [0, 0.1) is 0 Å². The number of hydrogen-bond donors (Lipinski definition) is 2. The lowest BCUT2D eigenvalue weighted by Gasteiger charge is -2.12. The molecule has 0 saturated carbocycles. The first-order valence-electron chi connectivity index (χ1n) is 7.64. The number of aryl methyl sites for hydroxylation is 1. The van der Waals surface area contributed by atoms with E-state index in [0.717, 1.165) is 18.4 Å². The number of rotatable bonds is 8. The van der Waals surface area contributed by atoms with E-state index in [0.29, 0.717) is 19.6 Å². The quantitative estimate of drug-likeness (QED) is 0.784. The lowest BCUT2D eigenvalue weighted by atomic mass is 10.1. The molecule has 1 heterocycles. The minimum atomic E-state index is 0.0765. The van der Waals surface area contributed by atoms with Crippen LogP contribution >= 0.6 is 0 Å². The van der Waals surface area contributed by atoms with Gasteiger partial charge in [0.25, 0.3) is 0 Å². The number of carbonyl (C=O) groups is 1. The van der Waals surface area contributed by atoms with Gasteiger partial charge in [-0.3, -0.25) is 4.79 Å². The molecule has 2 aromatic rings. The molecule has 0 bridgehead atoms. The van der Waals surface area contributed by atoms with Crippen LogP contribution in [0.4, 0.5) is 0 Å². The fourth-order valence-corrected chi connectivity index (χ4v) is 2.47. The fraction of sp³-hybridized carbons (Fsp3) is 0.471. The first kappa shape index (κ1) is 15.6. The number of aromatic amines is 1. The van der Waals surface area contributed by atoms with Crippen LogP contribution in [0.15, 0.2) is 30.5 Å². The predicted molar refractivity (Wildman–Crippen MR) is 85.3 cm³/mol. The van der Waals surface area contributed by atoms with Crippen LogP contribution in [-0.4, -0.2) is 30.1 Å². The van der Waals surface area contributed by atoms with E-state index in [4.69, 9.17) is 4.74 Å². The molecule has 1 atom stereocenters. The third kappa shape index (κ3) is 4.60. The molecule has 1 amide bonds. The molecule has 0 aliphatic rings. The number of fused-ring (bicyclic) bond motifs is 1. The van der Waals surface area contributed by atoms with Crippen molar-refractivity contribution in [1.29, 1.82) is 0 Å². The molecule has 0 fully saturated rings. The molecular weight excluding hydrogens is 264 g/mol. The summed E-state index contributed by atoms with van der Waals surface area (Å²) < 4.78 is 5.38. The zero-order valence-corrected chi connectivity index (χ0v) is 12.8. The smallest absolute Gasteiger partial charge is 0.220 e. The Kier molecular flexibility index (Phi) is 5.81. The van der Waals surface area contributed by atoms with Gasteiger partial charge in [-0.05, 0) is 38.3 Å². The van der Waals surface area contributed by atoms with Gasteiger partial charge in [-0.15, -0.1) is 0 Å². The fourth-order valence-electron chi connectivity index (χ4n) is 2.47. The normalized spacial score (nSPS) is 12.5. The molecule has 1 aromatic heterocycles. The van der Waals surface area contributed by atoms with Crippen molar-refractivity contribution < 1.29 is 9.53 Å². The number of H-pyrrole nitrogens is 1. The molecule has 4 nitrogen and oxygen atoms in total. The molecule has 4 heteroatoms. The lowest BCUT2D eigenvalue weighted by Crippen LogP contribution is -2.31. The minimum absolute atomic E-state index is 0.0765. The molecule has 1 unspecified atom stereocenters. The Labute approximate surface area is 125 Å². The number of carbonyl (C=O) groups excluding carboxylic acids is 1. The van der Waals surface area contributed by atoms with Gasteiger partial charge in [0.15, 0.2) is 0 Å². The average Bonchev–Trinajstić information content (AvgIpc) is 2.89. The molecule has 2 N–H and O–H groups in total. The molecule has 1 aromatic carbocycles. The zero-order chi connectivity index (χ0) is 15.1. The zero-order valence-electron chi connectivity index (χ0n) is 12.8. The van der Waals surface area contributed by atoms with Crippen LogP contribution in [0.3, 0.4) is 0 Å². The van der Waals surface area contributed by atoms with Crippen LogP contribution in [0.5, 0.6) is 0 Å². The highest BCUT2D eigenvalue weighted by Crippen LogP contribution is 2.19. The highest BCUT2D eigenvalue weighted by molar-refractivity contribution is 5.83. The van der Waals surface area contributed by atoms with Crippen molar-refractivity contribution in [3.8, 4) is 0 Å². The number of benzene rings is 1. The second-order valence-corrected chi connectivity index (χ2v) is 5.28. The second-order valence-electron chi connectivity index (χ2n) is 5.28. The topological polar surface area (TPSA) is 54.1 Å². The Morgan fingerprint density at radius 1 is 1.38 bits per heavy atom. The number of aromatic nitrogens is 1. The maximum atomic E-state index is 11.8. The van der Waals surface area contributed by atoms with Gasteiger partial charge in [0.2, 0.25) is 5.91 Å². The summed E-state index contributed by atoms with van der Waals surface area (Å²) in [5.74, 6) is 0.0985. The molecule has 21 heavy (non-hydrogen) atoms. The summed E-state index contributed by atoms with van der Waals surface area (Å²) in [6.45, 7) is 5.19. The largest absolute Gasteiger partial charge is 0.377 e. The van der Waals surface area contributed by atoms with Crippen molar-refractivity contribution in [3.63, 3.8) is 0 Å². The summed E-state index contributed by atoms with van der Waals surface area (Å²) in [5.41, 5.74) is 2.43. The Balaban J connectivity index is 1.73. The van der Waals surface area contributed by atoms with Crippen molar-refractivity contribution >= 4 is 16.8 Å². The van der Waals surface area contributed by atoms with Gasteiger partial charge >= 0.3 is 0 Å². The number of para-hydroxylation sites is 1. The third-order valence-electron chi connectivity index (χ3n) is 3.56. The summed E-state index contributed by atoms with van der Waals surface area (Å²) >= 11 is 0. The van der Waals surface area contributed by atoms with E-state index in [1.165, 1.54) is 10.9 Å². The summed E-state index contributed by atoms with van der Waals surface area (Å²) in [5, 5.41) is 4.17. The van der Waals surface area contributed by atoms with Gasteiger partial charge in [0, 0.05) is 36.7 Å². The van der Waals surface area contributed by atoms with E-state index < -0.39 is 0 Å². The molecule has 0 aliphatic carbocycles. The Morgan fingerprint density at radius 2 is 2.19 bits per heavy atom. The number of nitrogens with one attached hydrogen (secondary N) is 2. The maximum absolute atomic E-state index is 11.8. The average molecular weight is 288 g/mol. The van der Waals surface area contributed by atoms with Crippen LogP contribution in [-0.2, 0) is 16.0 Å². The van der Waals surface area contributed by atoms with Crippen LogP contribution < -0.4 is 5.32 Å². The van der Waals surface area contributed by atoms with E-state index in [9.17, 15) is 4.79 Å². The Bertz CT molecular complexity index is 577. The Hall–Kier alpha value is -1.81. The first-order valence-corrected chi connectivity index (χ1v) is 7.64. The van der Waals surface area contributed by atoms with Gasteiger partial charge in [-0.1, -0.05) is 18.2 Å². The van der Waals surface area contributed by atoms with E-state index in [1.807, 2.05) is 32.2 Å². The van der Waals surface area contributed by atoms with Gasteiger partial charge in [-0.25, -0.2) is 0 Å². The summed E-state index contributed by atoms with van der Waals surface area (Å²) in [6, 6.07) is 8.25. The van der Waals surface area contributed by atoms with Crippen molar-refractivity contribution in [2.24, 2.45) is 0 Å². The number of ether oxygens (including phenoxy) is 1. The molecular formula is C17H24N2O2. The van der Waals surface area contributed by atoms with Crippen LogP contribution in [0.2, 0.25) is 0 Å². The lowest BCUT2D eigenvalue weighted by molar-refractivity contribution is -0.121. The second kappa shape index (κ2) is 7.84. The van der Waals surface area contributed by atoms with E-state index in [2.05, 4.69) is 22.4 Å². The summed E-state index contributed by atoms with van der Waals surface area (Å²) in [7, 11) is 0. The summed E-state index contributed by atoms with van der Waals surface area (Å²) in [4.78, 5) is 15.0. The third-order valence-corrected chi connectivity index (χ3v) is 3.56. The van der Waals surface area contributed by atoms with Gasteiger partial charge in [-0.2, -0.15) is 0 Å². The van der Waals surface area contributed by atoms with Crippen molar-refractivity contribution in [2.75, 3.05) is 13.2 Å².